The average Bonchev–Trinajstić information content (AvgIpc) is 2.76. The van der Waals surface area contributed by atoms with Gasteiger partial charge in [-0.25, -0.2) is 0 Å². The fraction of sp³-hybridized carbons (Fsp3) is 0.733. The number of piperidine rings is 1. The normalized spacial score (nSPS) is 21.8. The van der Waals surface area contributed by atoms with E-state index >= 15 is 0 Å². The molecule has 0 radical (unpaired) electrons. The molecule has 1 aliphatic heterocycles. The molecule has 0 aliphatic carbocycles. The van der Waals surface area contributed by atoms with Crippen LogP contribution >= 0.6 is 11.3 Å². The Morgan fingerprint density at radius 1 is 1.37 bits per heavy atom. The Morgan fingerprint density at radius 2 is 2.00 bits per heavy atom. The van der Waals surface area contributed by atoms with Gasteiger partial charge in [0.2, 0.25) is 0 Å². The first kappa shape index (κ1) is 15.0. The number of hydrogen-bond donors (Lipinski definition) is 1. The van der Waals surface area contributed by atoms with Gasteiger partial charge < -0.3 is 10.6 Å². The van der Waals surface area contributed by atoms with Gasteiger partial charge in [0.1, 0.15) is 0 Å². The highest BCUT2D eigenvalue weighted by molar-refractivity contribution is 7.10. The minimum absolute atomic E-state index is 0.188. The van der Waals surface area contributed by atoms with Crippen LogP contribution in [0.5, 0.6) is 0 Å². The molecule has 108 valence electrons. The number of nitrogens with zero attached hydrogens (tertiary/aromatic N) is 2. The van der Waals surface area contributed by atoms with Crippen molar-refractivity contribution in [2.75, 3.05) is 27.2 Å². The van der Waals surface area contributed by atoms with Crippen molar-refractivity contribution in [2.45, 2.75) is 44.8 Å². The Morgan fingerprint density at radius 3 is 2.42 bits per heavy atom. The second kappa shape index (κ2) is 6.35. The number of rotatable bonds is 4. The van der Waals surface area contributed by atoms with E-state index in [2.05, 4.69) is 49.2 Å². The summed E-state index contributed by atoms with van der Waals surface area (Å²) < 4.78 is 0. The third kappa shape index (κ3) is 3.37. The molecule has 2 unspecified atom stereocenters. The minimum Gasteiger partial charge on any atom is -0.326 e. The lowest BCUT2D eigenvalue weighted by Gasteiger charge is -2.41. The predicted molar refractivity (Wildman–Crippen MR) is 83.7 cm³/mol. The molecule has 0 bridgehead atoms. The Bertz CT molecular complexity index is 392. The summed E-state index contributed by atoms with van der Waals surface area (Å²) in [6.45, 7) is 6.66. The van der Waals surface area contributed by atoms with Crippen molar-refractivity contribution in [3.05, 3.63) is 21.9 Å². The van der Waals surface area contributed by atoms with Crippen molar-refractivity contribution in [2.24, 2.45) is 5.73 Å². The zero-order chi connectivity index (χ0) is 14.0. The van der Waals surface area contributed by atoms with Crippen LogP contribution in [-0.2, 0) is 0 Å². The first-order valence-electron chi connectivity index (χ1n) is 7.20. The molecule has 1 saturated heterocycles. The van der Waals surface area contributed by atoms with Crippen molar-refractivity contribution in [3.63, 3.8) is 0 Å². The SMILES string of the molecule is Cc1ccsc1C(C(C)N)N1CCC(N(C)C)CC1. The molecule has 2 rings (SSSR count). The number of likely N-dealkylation sites (tertiary alicyclic amines) is 1. The summed E-state index contributed by atoms with van der Waals surface area (Å²) in [5.74, 6) is 0. The van der Waals surface area contributed by atoms with Gasteiger partial charge in [0.15, 0.2) is 0 Å². The second-order valence-electron chi connectivity index (χ2n) is 6.00. The van der Waals surface area contributed by atoms with Gasteiger partial charge in [-0.15, -0.1) is 11.3 Å². The first-order valence-corrected chi connectivity index (χ1v) is 8.08. The van der Waals surface area contributed by atoms with Gasteiger partial charge in [-0.2, -0.15) is 0 Å². The van der Waals surface area contributed by atoms with Gasteiger partial charge in [0.25, 0.3) is 0 Å². The van der Waals surface area contributed by atoms with E-state index in [-0.39, 0.29) is 6.04 Å². The number of nitrogens with two attached hydrogens (primary N) is 1. The highest BCUT2D eigenvalue weighted by Gasteiger charge is 2.30. The number of aryl methyl sites for hydroxylation is 1. The van der Waals surface area contributed by atoms with Gasteiger partial charge in [-0.1, -0.05) is 0 Å². The van der Waals surface area contributed by atoms with Crippen LogP contribution < -0.4 is 5.73 Å². The fourth-order valence-electron chi connectivity index (χ4n) is 3.10. The topological polar surface area (TPSA) is 32.5 Å². The standard InChI is InChI=1S/C15H27N3S/c1-11-7-10-19-15(11)14(12(2)16)18-8-5-13(6-9-18)17(3)4/h7,10,12-14H,5-6,8-9,16H2,1-4H3. The third-order valence-electron chi connectivity index (χ3n) is 4.29. The second-order valence-corrected chi connectivity index (χ2v) is 6.95. The van der Waals surface area contributed by atoms with Crippen LogP contribution in [0.25, 0.3) is 0 Å². The van der Waals surface area contributed by atoms with E-state index in [1.54, 1.807) is 0 Å². The summed E-state index contributed by atoms with van der Waals surface area (Å²) >= 11 is 1.85. The average molecular weight is 281 g/mol. The van der Waals surface area contributed by atoms with Gasteiger partial charge >= 0.3 is 0 Å². The van der Waals surface area contributed by atoms with Crippen LogP contribution in [0, 0.1) is 6.92 Å². The Labute approximate surface area is 121 Å². The van der Waals surface area contributed by atoms with E-state index in [0.29, 0.717) is 6.04 Å². The summed E-state index contributed by atoms with van der Waals surface area (Å²) in [5.41, 5.74) is 7.67. The summed E-state index contributed by atoms with van der Waals surface area (Å²) in [5, 5.41) is 2.19. The lowest BCUT2D eigenvalue weighted by molar-refractivity contribution is 0.0995. The summed E-state index contributed by atoms with van der Waals surface area (Å²) in [4.78, 5) is 6.40. The molecule has 1 aromatic rings. The Balaban J connectivity index is 2.08. The summed E-state index contributed by atoms with van der Waals surface area (Å²) in [7, 11) is 4.37. The van der Waals surface area contributed by atoms with E-state index in [1.165, 1.54) is 23.3 Å². The largest absolute Gasteiger partial charge is 0.326 e. The van der Waals surface area contributed by atoms with E-state index < -0.39 is 0 Å². The van der Waals surface area contributed by atoms with Crippen molar-refractivity contribution in [3.8, 4) is 0 Å². The van der Waals surface area contributed by atoms with E-state index in [4.69, 9.17) is 5.73 Å². The zero-order valence-electron chi connectivity index (χ0n) is 12.6. The third-order valence-corrected chi connectivity index (χ3v) is 5.38. The maximum atomic E-state index is 6.28. The molecule has 0 aromatic carbocycles. The Kier molecular flexibility index (Phi) is 5.01. The van der Waals surface area contributed by atoms with Crippen molar-refractivity contribution in [1.82, 2.24) is 9.80 Å². The predicted octanol–water partition coefficient (Wildman–Crippen LogP) is 2.47. The highest BCUT2D eigenvalue weighted by atomic mass is 32.1. The van der Waals surface area contributed by atoms with Crippen molar-refractivity contribution in [1.29, 1.82) is 0 Å². The zero-order valence-corrected chi connectivity index (χ0v) is 13.4. The van der Waals surface area contributed by atoms with Gasteiger partial charge in [0, 0.05) is 30.1 Å². The van der Waals surface area contributed by atoms with Crippen LogP contribution in [-0.4, -0.2) is 49.1 Å². The van der Waals surface area contributed by atoms with Gasteiger partial charge in [-0.3, -0.25) is 4.90 Å². The highest BCUT2D eigenvalue weighted by Crippen LogP contribution is 2.33. The minimum atomic E-state index is 0.188. The monoisotopic (exact) mass is 281 g/mol. The number of hydrogen-bond acceptors (Lipinski definition) is 4. The molecule has 1 fully saturated rings. The van der Waals surface area contributed by atoms with E-state index in [0.717, 1.165) is 19.1 Å². The maximum Gasteiger partial charge on any atom is 0.0593 e. The summed E-state index contributed by atoms with van der Waals surface area (Å²) in [6, 6.07) is 3.52. The molecule has 0 saturated carbocycles. The lowest BCUT2D eigenvalue weighted by atomic mass is 9.98. The molecular formula is C15H27N3S. The number of thiophene rings is 1. The van der Waals surface area contributed by atoms with Gasteiger partial charge in [0.05, 0.1) is 6.04 Å². The van der Waals surface area contributed by atoms with Crippen LogP contribution in [0.4, 0.5) is 0 Å². The molecule has 0 amide bonds. The summed E-state index contributed by atoms with van der Waals surface area (Å²) in [6.07, 6.45) is 2.50. The van der Waals surface area contributed by atoms with Crippen LogP contribution in [0.3, 0.4) is 0 Å². The molecule has 1 aliphatic rings. The van der Waals surface area contributed by atoms with E-state index in [9.17, 15) is 0 Å². The first-order chi connectivity index (χ1) is 9.00. The molecule has 2 atom stereocenters. The molecule has 19 heavy (non-hydrogen) atoms. The molecule has 2 heterocycles. The Hall–Kier alpha value is -0.420. The molecule has 1 aromatic heterocycles. The molecule has 0 spiro atoms. The fourth-order valence-corrected chi connectivity index (χ4v) is 4.28. The van der Waals surface area contributed by atoms with Crippen LogP contribution in [0.2, 0.25) is 0 Å². The molecular weight excluding hydrogens is 254 g/mol. The van der Waals surface area contributed by atoms with Crippen LogP contribution in [0.1, 0.15) is 36.2 Å². The van der Waals surface area contributed by atoms with Crippen molar-refractivity contribution < 1.29 is 0 Å². The van der Waals surface area contributed by atoms with Gasteiger partial charge in [-0.05, 0) is 57.8 Å². The molecule has 2 N–H and O–H groups in total. The lowest BCUT2D eigenvalue weighted by Crippen LogP contribution is -2.47. The molecule has 4 heteroatoms. The van der Waals surface area contributed by atoms with Crippen LogP contribution in [0.15, 0.2) is 11.4 Å². The smallest absolute Gasteiger partial charge is 0.0593 e. The maximum absolute atomic E-state index is 6.28. The quantitative estimate of drug-likeness (QED) is 0.920. The van der Waals surface area contributed by atoms with Crippen molar-refractivity contribution >= 4 is 11.3 Å². The molecule has 3 nitrogen and oxygen atoms in total. The van der Waals surface area contributed by atoms with E-state index in [1.807, 2.05) is 11.3 Å².